The number of benzene rings is 1. The van der Waals surface area contributed by atoms with Crippen LogP contribution in [0.2, 0.25) is 0 Å². The number of methoxy groups -OCH3 is 1. The lowest BCUT2D eigenvalue weighted by molar-refractivity contribution is -0.0396. The highest BCUT2D eigenvalue weighted by molar-refractivity contribution is 5.40. The Morgan fingerprint density at radius 2 is 1.74 bits per heavy atom. The number of aliphatic hydroxyl groups excluding tert-OH is 1. The van der Waals surface area contributed by atoms with Gasteiger partial charge in [-0.3, -0.25) is 0 Å². The molecule has 3 aliphatic rings. The predicted octanol–water partition coefficient (Wildman–Crippen LogP) is 6.60. The van der Waals surface area contributed by atoms with Crippen molar-refractivity contribution in [3.05, 3.63) is 29.3 Å². The van der Waals surface area contributed by atoms with Gasteiger partial charge in [0.25, 0.3) is 0 Å². The molecule has 0 saturated heterocycles. The van der Waals surface area contributed by atoms with Crippen LogP contribution in [0.1, 0.15) is 101 Å². The van der Waals surface area contributed by atoms with Crippen molar-refractivity contribution < 1.29 is 14.9 Å². The predicted molar refractivity (Wildman–Crippen MR) is 126 cm³/mol. The molecule has 0 aliphatic heterocycles. The van der Waals surface area contributed by atoms with E-state index < -0.39 is 0 Å². The van der Waals surface area contributed by atoms with Crippen LogP contribution in [0.3, 0.4) is 0 Å². The van der Waals surface area contributed by atoms with Crippen molar-refractivity contribution in [2.24, 2.45) is 23.2 Å². The zero-order chi connectivity index (χ0) is 21.8. The van der Waals surface area contributed by atoms with Gasteiger partial charge in [0.05, 0.1) is 6.10 Å². The minimum atomic E-state index is -0.113. The zero-order valence-corrected chi connectivity index (χ0v) is 19.8. The molecule has 4 rings (SSSR count). The number of phenols is 1. The van der Waals surface area contributed by atoms with E-state index in [0.29, 0.717) is 29.4 Å². The maximum absolute atomic E-state index is 10.8. The summed E-state index contributed by atoms with van der Waals surface area (Å²) in [6.45, 7) is 3.27. The number of fused-ring (bicyclic) bond motifs is 5. The summed E-state index contributed by atoms with van der Waals surface area (Å²) in [5.74, 6) is 3.12. The van der Waals surface area contributed by atoms with Crippen LogP contribution in [0, 0.1) is 23.2 Å². The molecule has 1 aromatic carbocycles. The number of phenolic OH excluding ortho intramolecular Hbond substituents is 1. The molecular formula is C28H44O3. The number of ether oxygens (including phenoxy) is 1. The van der Waals surface area contributed by atoms with E-state index >= 15 is 0 Å². The van der Waals surface area contributed by atoms with Crippen molar-refractivity contribution in [3.8, 4) is 5.75 Å². The lowest BCUT2D eigenvalue weighted by atomic mass is 9.52. The first-order valence-corrected chi connectivity index (χ1v) is 13.0. The average Bonchev–Trinajstić information content (AvgIpc) is 3.06. The number of hydrogen-bond donors (Lipinski definition) is 2. The SMILES string of the molecule is COCCCCCCCCC[C@@H]1Cc2cc(O)ccc2C2CC[C@@]3(C)C(CC[C@@H]3O)C21. The molecule has 0 aromatic heterocycles. The van der Waals surface area contributed by atoms with Gasteiger partial charge in [-0.25, -0.2) is 0 Å². The van der Waals surface area contributed by atoms with E-state index in [1.165, 1.54) is 75.3 Å². The second kappa shape index (κ2) is 10.3. The van der Waals surface area contributed by atoms with Gasteiger partial charge in [0.1, 0.15) is 5.75 Å². The first-order valence-electron chi connectivity index (χ1n) is 13.0. The summed E-state index contributed by atoms with van der Waals surface area (Å²) in [5.41, 5.74) is 3.01. The third kappa shape index (κ3) is 4.83. The lowest BCUT2D eigenvalue weighted by Crippen LogP contribution is -2.47. The maximum Gasteiger partial charge on any atom is 0.115 e. The molecule has 174 valence electrons. The summed E-state index contributed by atoms with van der Waals surface area (Å²) in [5, 5.41) is 20.9. The van der Waals surface area contributed by atoms with Gasteiger partial charge < -0.3 is 14.9 Å². The van der Waals surface area contributed by atoms with Crippen LogP contribution in [-0.2, 0) is 11.2 Å². The van der Waals surface area contributed by atoms with Gasteiger partial charge in [0.15, 0.2) is 0 Å². The fourth-order valence-electron chi connectivity index (χ4n) is 7.57. The highest BCUT2D eigenvalue weighted by Gasteiger charge is 2.56. The van der Waals surface area contributed by atoms with Gasteiger partial charge in [-0.15, -0.1) is 0 Å². The van der Waals surface area contributed by atoms with E-state index in [1.807, 2.05) is 12.1 Å². The second-order valence-electron chi connectivity index (χ2n) is 11.0. The summed E-state index contributed by atoms with van der Waals surface area (Å²) in [4.78, 5) is 0. The Labute approximate surface area is 189 Å². The van der Waals surface area contributed by atoms with Gasteiger partial charge in [0, 0.05) is 13.7 Å². The van der Waals surface area contributed by atoms with E-state index in [9.17, 15) is 10.2 Å². The van der Waals surface area contributed by atoms with Crippen molar-refractivity contribution in [3.63, 3.8) is 0 Å². The first-order chi connectivity index (χ1) is 15.0. The van der Waals surface area contributed by atoms with Crippen molar-refractivity contribution >= 4 is 0 Å². The van der Waals surface area contributed by atoms with Crippen LogP contribution in [0.15, 0.2) is 18.2 Å². The highest BCUT2D eigenvalue weighted by Crippen LogP contribution is 2.62. The van der Waals surface area contributed by atoms with Crippen LogP contribution >= 0.6 is 0 Å². The third-order valence-corrected chi connectivity index (χ3v) is 9.26. The van der Waals surface area contributed by atoms with Gasteiger partial charge in [0.2, 0.25) is 0 Å². The number of aliphatic hydroxyl groups is 1. The summed E-state index contributed by atoms with van der Waals surface area (Å²) < 4.78 is 5.14. The zero-order valence-electron chi connectivity index (χ0n) is 19.8. The molecule has 0 amide bonds. The van der Waals surface area contributed by atoms with Crippen LogP contribution in [0.4, 0.5) is 0 Å². The molecule has 3 aliphatic carbocycles. The van der Waals surface area contributed by atoms with Crippen molar-refractivity contribution in [2.45, 2.75) is 102 Å². The molecular weight excluding hydrogens is 384 g/mol. The first kappa shape index (κ1) is 23.1. The maximum atomic E-state index is 10.8. The quantitative estimate of drug-likeness (QED) is 0.413. The summed E-state index contributed by atoms with van der Waals surface area (Å²) in [7, 11) is 1.79. The second-order valence-corrected chi connectivity index (χ2v) is 11.0. The number of aromatic hydroxyl groups is 1. The monoisotopic (exact) mass is 428 g/mol. The van der Waals surface area contributed by atoms with Crippen LogP contribution in [-0.4, -0.2) is 30.0 Å². The van der Waals surface area contributed by atoms with Crippen LogP contribution in [0.5, 0.6) is 5.75 Å². The molecule has 2 saturated carbocycles. The van der Waals surface area contributed by atoms with E-state index in [4.69, 9.17) is 4.74 Å². The Morgan fingerprint density at radius 1 is 1.00 bits per heavy atom. The molecule has 6 atom stereocenters. The Kier molecular flexibility index (Phi) is 7.64. The number of rotatable bonds is 10. The van der Waals surface area contributed by atoms with Gasteiger partial charge in [-0.05, 0) is 97.3 Å². The molecule has 31 heavy (non-hydrogen) atoms. The Balaban J connectivity index is 1.39. The largest absolute Gasteiger partial charge is 0.508 e. The fraction of sp³-hybridized carbons (Fsp3) is 0.786. The smallest absolute Gasteiger partial charge is 0.115 e. The number of unbranched alkanes of at least 4 members (excludes halogenated alkanes) is 6. The van der Waals surface area contributed by atoms with Crippen LogP contribution < -0.4 is 0 Å². The summed E-state index contributed by atoms with van der Waals surface area (Å²) >= 11 is 0. The van der Waals surface area contributed by atoms with Gasteiger partial charge in [-0.1, -0.05) is 51.5 Å². The molecule has 2 N–H and O–H groups in total. The molecule has 3 unspecified atom stereocenters. The van der Waals surface area contributed by atoms with Crippen molar-refractivity contribution in [1.82, 2.24) is 0 Å². The Hall–Kier alpha value is -1.06. The topological polar surface area (TPSA) is 49.7 Å². The lowest BCUT2D eigenvalue weighted by Gasteiger charge is -2.53. The third-order valence-electron chi connectivity index (χ3n) is 9.26. The van der Waals surface area contributed by atoms with E-state index in [2.05, 4.69) is 13.0 Å². The molecule has 0 bridgehead atoms. The molecule has 2 fully saturated rings. The average molecular weight is 429 g/mol. The van der Waals surface area contributed by atoms with Crippen molar-refractivity contribution in [1.29, 1.82) is 0 Å². The molecule has 0 spiro atoms. The molecule has 0 radical (unpaired) electrons. The van der Waals surface area contributed by atoms with Gasteiger partial charge in [-0.2, -0.15) is 0 Å². The normalized spacial score (nSPS) is 34.2. The van der Waals surface area contributed by atoms with Crippen LogP contribution in [0.25, 0.3) is 0 Å². The Morgan fingerprint density at radius 3 is 2.52 bits per heavy atom. The molecule has 0 heterocycles. The van der Waals surface area contributed by atoms with Gasteiger partial charge >= 0.3 is 0 Å². The van der Waals surface area contributed by atoms with E-state index in [0.717, 1.165) is 25.9 Å². The van der Waals surface area contributed by atoms with Crippen molar-refractivity contribution in [2.75, 3.05) is 13.7 Å². The van der Waals surface area contributed by atoms with E-state index in [-0.39, 0.29) is 11.5 Å². The molecule has 3 heteroatoms. The highest BCUT2D eigenvalue weighted by atomic mass is 16.5. The number of hydrogen-bond acceptors (Lipinski definition) is 3. The minimum absolute atomic E-state index is 0.113. The minimum Gasteiger partial charge on any atom is -0.508 e. The summed E-state index contributed by atoms with van der Waals surface area (Å²) in [6, 6.07) is 6.13. The standard InChI is InChI=1S/C28H44O3/c1-28-16-15-24-23-12-11-22(29)19-21(23)18-20(27(24)25(28)13-14-26(28)30)10-8-6-4-3-5-7-9-17-31-2/h11-12,19-20,24-27,29-30H,3-10,13-18H2,1-2H3/t20-,24?,25?,26+,27?,28+/m1/s1. The molecule has 3 nitrogen and oxygen atoms in total. The fourth-order valence-corrected chi connectivity index (χ4v) is 7.57. The Bertz CT molecular complexity index is 716. The summed E-state index contributed by atoms with van der Waals surface area (Å²) in [6.07, 6.45) is 16.0. The van der Waals surface area contributed by atoms with E-state index in [1.54, 1.807) is 7.11 Å². The molecule has 1 aromatic rings.